The maximum atomic E-state index is 13.4. The topological polar surface area (TPSA) is 117 Å². The number of carbonyl (C=O) groups excluding carboxylic acids is 3. The zero-order chi connectivity index (χ0) is 25.5. The van der Waals surface area contributed by atoms with E-state index < -0.39 is 35.3 Å². The molecule has 4 N–H and O–H groups in total. The van der Waals surface area contributed by atoms with E-state index in [1.165, 1.54) is 7.05 Å². The Morgan fingerprint density at radius 3 is 2.18 bits per heavy atom. The second kappa shape index (κ2) is 11.9. The van der Waals surface area contributed by atoms with Crippen LogP contribution in [-0.4, -0.2) is 42.1 Å². The SMILES string of the molecule is CNC(=O)[C@@H](NC(=O)[C@H](CC(C)C)[C@H](OCc1ccc2ccccc2c1)C(=O)NO)C(C)(C)C. The summed E-state index contributed by atoms with van der Waals surface area (Å²) in [5.41, 5.74) is 1.91. The first-order chi connectivity index (χ1) is 16.0. The van der Waals surface area contributed by atoms with E-state index in [1.807, 2.05) is 77.1 Å². The van der Waals surface area contributed by atoms with Gasteiger partial charge in [0.1, 0.15) is 12.1 Å². The van der Waals surface area contributed by atoms with Gasteiger partial charge in [-0.25, -0.2) is 5.48 Å². The van der Waals surface area contributed by atoms with Crippen molar-refractivity contribution in [3.8, 4) is 0 Å². The quantitative estimate of drug-likeness (QED) is 0.314. The number of amides is 3. The molecule has 0 aromatic heterocycles. The number of carbonyl (C=O) groups is 3. The van der Waals surface area contributed by atoms with Gasteiger partial charge in [0, 0.05) is 7.05 Å². The Balaban J connectivity index is 2.30. The first-order valence-electron chi connectivity index (χ1n) is 11.5. The van der Waals surface area contributed by atoms with Crippen LogP contribution in [0.1, 0.15) is 46.6 Å². The lowest BCUT2D eigenvalue weighted by atomic mass is 9.84. The summed E-state index contributed by atoms with van der Waals surface area (Å²) in [5.74, 6) is -2.48. The molecular formula is C26H37N3O5. The first kappa shape index (κ1) is 27.3. The van der Waals surface area contributed by atoms with Gasteiger partial charge in [-0.3, -0.25) is 19.6 Å². The van der Waals surface area contributed by atoms with Crippen molar-refractivity contribution >= 4 is 28.5 Å². The largest absolute Gasteiger partial charge is 0.363 e. The standard InChI is InChI=1S/C26H37N3O5/c1-16(2)13-20(23(30)28-22(25(32)27-6)26(3,4)5)21(24(31)29-33)34-15-17-11-12-18-9-7-8-10-19(18)14-17/h7-12,14,16,20-22,33H,13,15H2,1-6H3,(H,27,32)(H,28,30)(H,29,31)/t20-,21+,22-/m1/s1. The maximum Gasteiger partial charge on any atom is 0.273 e. The molecule has 8 heteroatoms. The maximum absolute atomic E-state index is 13.4. The molecule has 8 nitrogen and oxygen atoms in total. The number of hydrogen-bond donors (Lipinski definition) is 4. The van der Waals surface area contributed by atoms with Gasteiger partial charge in [-0.05, 0) is 40.2 Å². The fourth-order valence-corrected chi connectivity index (χ4v) is 3.90. The van der Waals surface area contributed by atoms with E-state index in [4.69, 9.17) is 4.74 Å². The Bertz CT molecular complexity index is 999. The molecule has 0 fully saturated rings. The number of hydroxylamine groups is 1. The number of fused-ring (bicyclic) bond motifs is 1. The van der Waals surface area contributed by atoms with Crippen LogP contribution in [-0.2, 0) is 25.7 Å². The van der Waals surface area contributed by atoms with E-state index in [0.29, 0.717) is 6.42 Å². The average molecular weight is 472 g/mol. The third kappa shape index (κ3) is 7.27. The van der Waals surface area contributed by atoms with E-state index >= 15 is 0 Å². The minimum Gasteiger partial charge on any atom is -0.363 e. The minimum atomic E-state index is -1.25. The highest BCUT2D eigenvalue weighted by molar-refractivity contribution is 5.92. The summed E-state index contributed by atoms with van der Waals surface area (Å²) in [6.45, 7) is 9.47. The molecule has 0 aliphatic heterocycles. The zero-order valence-electron chi connectivity index (χ0n) is 20.8. The van der Waals surface area contributed by atoms with Crippen molar-refractivity contribution in [1.82, 2.24) is 16.1 Å². The zero-order valence-corrected chi connectivity index (χ0v) is 20.8. The molecule has 0 unspecified atom stereocenters. The van der Waals surface area contributed by atoms with E-state index in [9.17, 15) is 19.6 Å². The molecule has 0 radical (unpaired) electrons. The van der Waals surface area contributed by atoms with Gasteiger partial charge in [0.15, 0.2) is 0 Å². The van der Waals surface area contributed by atoms with Crippen LogP contribution in [0.2, 0.25) is 0 Å². The van der Waals surface area contributed by atoms with Crippen molar-refractivity contribution in [2.24, 2.45) is 17.3 Å². The van der Waals surface area contributed by atoms with Crippen LogP contribution in [0.25, 0.3) is 10.8 Å². The number of rotatable bonds is 10. The molecule has 186 valence electrons. The Morgan fingerprint density at radius 2 is 1.62 bits per heavy atom. The molecule has 2 aromatic rings. The second-order valence-corrected chi connectivity index (χ2v) is 10.0. The summed E-state index contributed by atoms with van der Waals surface area (Å²) in [6.07, 6.45) is -0.920. The van der Waals surface area contributed by atoms with Gasteiger partial charge in [0.05, 0.1) is 12.5 Å². The molecule has 34 heavy (non-hydrogen) atoms. The summed E-state index contributed by atoms with van der Waals surface area (Å²) in [5, 5.41) is 16.9. The summed E-state index contributed by atoms with van der Waals surface area (Å²) in [4.78, 5) is 38.4. The van der Waals surface area contributed by atoms with Gasteiger partial charge in [-0.2, -0.15) is 0 Å². The van der Waals surface area contributed by atoms with E-state index in [1.54, 1.807) is 5.48 Å². The van der Waals surface area contributed by atoms with Gasteiger partial charge in [-0.1, -0.05) is 71.0 Å². The van der Waals surface area contributed by atoms with Crippen molar-refractivity contribution in [2.45, 2.75) is 59.8 Å². The number of nitrogens with one attached hydrogen (secondary N) is 3. The van der Waals surface area contributed by atoms with Crippen LogP contribution >= 0.6 is 0 Å². The molecule has 2 aromatic carbocycles. The highest BCUT2D eigenvalue weighted by Crippen LogP contribution is 2.25. The molecule has 0 heterocycles. The number of benzene rings is 2. The highest BCUT2D eigenvalue weighted by Gasteiger charge is 2.39. The second-order valence-electron chi connectivity index (χ2n) is 10.0. The van der Waals surface area contributed by atoms with Crippen LogP contribution in [0.3, 0.4) is 0 Å². The van der Waals surface area contributed by atoms with Crippen molar-refractivity contribution in [3.05, 3.63) is 48.0 Å². The number of hydrogen-bond acceptors (Lipinski definition) is 5. The lowest BCUT2D eigenvalue weighted by Crippen LogP contribution is -2.56. The molecule has 3 amide bonds. The van der Waals surface area contributed by atoms with E-state index in [-0.39, 0.29) is 18.4 Å². The van der Waals surface area contributed by atoms with Gasteiger partial charge in [0.25, 0.3) is 5.91 Å². The Hall–Kier alpha value is -2.97. The molecule has 0 aliphatic carbocycles. The predicted octanol–water partition coefficient (Wildman–Crippen LogP) is 3.17. The fraction of sp³-hybridized carbons (Fsp3) is 0.500. The van der Waals surface area contributed by atoms with E-state index in [0.717, 1.165) is 16.3 Å². The molecular weight excluding hydrogens is 434 g/mol. The fourth-order valence-electron chi connectivity index (χ4n) is 3.90. The third-order valence-electron chi connectivity index (χ3n) is 5.70. The molecule has 0 spiro atoms. The van der Waals surface area contributed by atoms with Crippen molar-refractivity contribution in [2.75, 3.05) is 7.05 Å². The van der Waals surface area contributed by atoms with Crippen LogP contribution in [0.5, 0.6) is 0 Å². The van der Waals surface area contributed by atoms with Crippen LogP contribution < -0.4 is 16.1 Å². The first-order valence-corrected chi connectivity index (χ1v) is 11.5. The van der Waals surface area contributed by atoms with Crippen molar-refractivity contribution in [1.29, 1.82) is 0 Å². The molecule has 3 atom stereocenters. The molecule has 0 bridgehead atoms. The minimum absolute atomic E-state index is 0.0575. The number of likely N-dealkylation sites (N-methyl/N-ethyl adjacent to an activating group) is 1. The molecule has 2 rings (SSSR count). The Morgan fingerprint density at radius 1 is 0.971 bits per heavy atom. The third-order valence-corrected chi connectivity index (χ3v) is 5.70. The monoisotopic (exact) mass is 471 g/mol. The summed E-state index contributed by atoms with van der Waals surface area (Å²) in [6, 6.07) is 12.9. The molecule has 0 saturated heterocycles. The van der Waals surface area contributed by atoms with Gasteiger partial charge in [-0.15, -0.1) is 0 Å². The lowest BCUT2D eigenvalue weighted by Gasteiger charge is -2.33. The van der Waals surface area contributed by atoms with Crippen LogP contribution in [0.15, 0.2) is 42.5 Å². The summed E-state index contributed by atoms with van der Waals surface area (Å²) >= 11 is 0. The normalized spacial score (nSPS) is 14.4. The molecule has 0 aliphatic rings. The van der Waals surface area contributed by atoms with Crippen molar-refractivity contribution < 1.29 is 24.3 Å². The smallest absolute Gasteiger partial charge is 0.273 e. The Kier molecular flexibility index (Phi) is 9.58. The number of ether oxygens (including phenoxy) is 1. The van der Waals surface area contributed by atoms with Crippen LogP contribution in [0.4, 0.5) is 0 Å². The summed E-state index contributed by atoms with van der Waals surface area (Å²) in [7, 11) is 1.51. The predicted molar refractivity (Wildman–Crippen MR) is 131 cm³/mol. The molecule has 0 saturated carbocycles. The average Bonchev–Trinajstić information content (AvgIpc) is 2.79. The summed E-state index contributed by atoms with van der Waals surface area (Å²) < 4.78 is 5.93. The van der Waals surface area contributed by atoms with Crippen molar-refractivity contribution in [3.63, 3.8) is 0 Å². The van der Waals surface area contributed by atoms with Gasteiger partial charge < -0.3 is 15.4 Å². The van der Waals surface area contributed by atoms with E-state index in [2.05, 4.69) is 10.6 Å². The van der Waals surface area contributed by atoms with Crippen LogP contribution in [0, 0.1) is 17.3 Å². The lowest BCUT2D eigenvalue weighted by molar-refractivity contribution is -0.153. The van der Waals surface area contributed by atoms with Gasteiger partial charge in [0.2, 0.25) is 11.8 Å². The highest BCUT2D eigenvalue weighted by atomic mass is 16.5. The van der Waals surface area contributed by atoms with Gasteiger partial charge >= 0.3 is 0 Å². The Labute approximate surface area is 201 Å².